The number of benzene rings is 1. The van der Waals surface area contributed by atoms with E-state index in [1.165, 1.54) is 16.6 Å². The van der Waals surface area contributed by atoms with Gasteiger partial charge in [-0.3, -0.25) is 9.36 Å². The number of aromatic amines is 1. The molecule has 0 saturated carbocycles. The SMILES string of the molecule is Cc1[nH]cnc1CC1(C)CCc2c(C)c3ccccc3n2C1=O.Cl. The van der Waals surface area contributed by atoms with Crippen molar-refractivity contribution in [3.8, 4) is 0 Å². The van der Waals surface area contributed by atoms with Gasteiger partial charge in [-0.25, -0.2) is 4.98 Å². The highest BCUT2D eigenvalue weighted by atomic mass is 35.5. The fraction of sp³-hybridized carbons (Fsp3) is 0.368. The number of hydrogen-bond acceptors (Lipinski definition) is 2. The summed E-state index contributed by atoms with van der Waals surface area (Å²) < 4.78 is 1.95. The number of nitrogens with one attached hydrogen (secondary N) is 1. The number of carbonyl (C=O) groups excluding carboxylic acids is 1. The number of nitrogens with zero attached hydrogens (tertiary/aromatic N) is 2. The average Bonchev–Trinajstić information content (AvgIpc) is 3.06. The maximum absolute atomic E-state index is 13.3. The first-order valence-electron chi connectivity index (χ1n) is 8.14. The van der Waals surface area contributed by atoms with E-state index in [2.05, 4.69) is 35.9 Å². The second kappa shape index (κ2) is 5.78. The highest BCUT2D eigenvalue weighted by Crippen LogP contribution is 2.39. The summed E-state index contributed by atoms with van der Waals surface area (Å²) in [4.78, 5) is 20.8. The van der Waals surface area contributed by atoms with Gasteiger partial charge in [0, 0.05) is 23.2 Å². The number of halogens is 1. The van der Waals surface area contributed by atoms with Crippen LogP contribution >= 0.6 is 12.4 Å². The molecule has 4 nitrogen and oxygen atoms in total. The van der Waals surface area contributed by atoms with Crippen molar-refractivity contribution in [2.75, 3.05) is 0 Å². The van der Waals surface area contributed by atoms with Gasteiger partial charge in [-0.05, 0) is 38.3 Å². The third-order valence-corrected chi connectivity index (χ3v) is 5.38. The highest BCUT2D eigenvalue weighted by molar-refractivity contribution is 5.99. The van der Waals surface area contributed by atoms with Gasteiger partial charge in [0.15, 0.2) is 0 Å². The fourth-order valence-electron chi connectivity index (χ4n) is 3.86. The zero-order chi connectivity index (χ0) is 16.2. The van der Waals surface area contributed by atoms with Crippen LogP contribution in [0.3, 0.4) is 0 Å². The molecule has 1 aliphatic rings. The number of rotatable bonds is 2. The van der Waals surface area contributed by atoms with Crippen LogP contribution in [0.15, 0.2) is 30.6 Å². The summed E-state index contributed by atoms with van der Waals surface area (Å²) in [6.45, 7) is 6.22. The molecule has 1 N–H and O–H groups in total. The van der Waals surface area contributed by atoms with Gasteiger partial charge in [-0.1, -0.05) is 25.1 Å². The van der Waals surface area contributed by atoms with Crippen LogP contribution < -0.4 is 0 Å². The van der Waals surface area contributed by atoms with E-state index in [1.54, 1.807) is 6.33 Å². The Morgan fingerprint density at radius 2 is 2.04 bits per heavy atom. The molecule has 3 aromatic rings. The van der Waals surface area contributed by atoms with Gasteiger partial charge in [-0.2, -0.15) is 0 Å². The molecule has 0 spiro atoms. The molecular weight excluding hydrogens is 322 g/mol. The molecule has 126 valence electrons. The van der Waals surface area contributed by atoms with Crippen molar-refractivity contribution < 1.29 is 4.79 Å². The van der Waals surface area contributed by atoms with Gasteiger partial charge < -0.3 is 4.98 Å². The molecule has 0 radical (unpaired) electrons. The van der Waals surface area contributed by atoms with E-state index in [1.807, 2.05) is 23.6 Å². The van der Waals surface area contributed by atoms with E-state index < -0.39 is 5.41 Å². The maximum Gasteiger partial charge on any atom is 0.237 e. The lowest BCUT2D eigenvalue weighted by atomic mass is 9.77. The van der Waals surface area contributed by atoms with Crippen molar-refractivity contribution in [3.05, 3.63) is 53.2 Å². The second-order valence-electron chi connectivity index (χ2n) is 6.94. The van der Waals surface area contributed by atoms with Gasteiger partial charge in [-0.15, -0.1) is 12.4 Å². The Balaban J connectivity index is 0.00000169. The largest absolute Gasteiger partial charge is 0.348 e. The Bertz CT molecular complexity index is 924. The van der Waals surface area contributed by atoms with Crippen LogP contribution in [-0.4, -0.2) is 20.4 Å². The topological polar surface area (TPSA) is 50.7 Å². The van der Waals surface area contributed by atoms with Crippen molar-refractivity contribution >= 4 is 29.2 Å². The molecule has 1 aliphatic heterocycles. The van der Waals surface area contributed by atoms with E-state index in [-0.39, 0.29) is 18.3 Å². The van der Waals surface area contributed by atoms with Gasteiger partial charge >= 0.3 is 0 Å². The zero-order valence-corrected chi connectivity index (χ0v) is 15.0. The van der Waals surface area contributed by atoms with Crippen molar-refractivity contribution in [2.45, 2.75) is 40.0 Å². The van der Waals surface area contributed by atoms with Crippen molar-refractivity contribution in [1.82, 2.24) is 14.5 Å². The molecule has 0 saturated heterocycles. The van der Waals surface area contributed by atoms with E-state index in [0.29, 0.717) is 6.42 Å². The van der Waals surface area contributed by atoms with E-state index in [4.69, 9.17) is 0 Å². The molecule has 4 rings (SSSR count). The van der Waals surface area contributed by atoms with Gasteiger partial charge in [0.05, 0.1) is 23.0 Å². The third-order valence-electron chi connectivity index (χ3n) is 5.38. The Morgan fingerprint density at radius 3 is 2.75 bits per heavy atom. The Labute approximate surface area is 147 Å². The van der Waals surface area contributed by atoms with Crippen molar-refractivity contribution in [1.29, 1.82) is 0 Å². The smallest absolute Gasteiger partial charge is 0.237 e. The Hall–Kier alpha value is -2.07. The molecule has 3 heterocycles. The highest BCUT2D eigenvalue weighted by Gasteiger charge is 2.41. The number of H-pyrrole nitrogens is 1. The lowest BCUT2D eigenvalue weighted by Gasteiger charge is -2.33. The molecule has 1 atom stereocenters. The molecule has 0 fully saturated rings. The normalized spacial score (nSPS) is 20.0. The van der Waals surface area contributed by atoms with E-state index in [9.17, 15) is 4.79 Å². The number of aromatic nitrogens is 3. The van der Waals surface area contributed by atoms with Crippen molar-refractivity contribution in [2.24, 2.45) is 5.41 Å². The molecule has 1 aromatic carbocycles. The standard InChI is InChI=1S/C19H21N3O.ClH/c1-12-14-6-4-5-7-17(14)22-16(12)8-9-19(3,18(22)23)10-15-13(2)20-11-21-15;/h4-7,11H,8-10H2,1-3H3,(H,20,21);1H. The fourth-order valence-corrected chi connectivity index (χ4v) is 3.86. The number of para-hydroxylation sites is 1. The lowest BCUT2D eigenvalue weighted by Crippen LogP contribution is -2.40. The minimum atomic E-state index is -0.402. The number of imidazole rings is 1. The number of hydrogen-bond donors (Lipinski definition) is 1. The van der Waals surface area contributed by atoms with Crippen LogP contribution in [0.5, 0.6) is 0 Å². The summed E-state index contributed by atoms with van der Waals surface area (Å²) >= 11 is 0. The molecule has 0 bridgehead atoms. The summed E-state index contributed by atoms with van der Waals surface area (Å²) in [5.41, 5.74) is 5.10. The van der Waals surface area contributed by atoms with Crippen LogP contribution in [-0.2, 0) is 12.8 Å². The molecule has 24 heavy (non-hydrogen) atoms. The molecule has 2 aromatic heterocycles. The first-order valence-corrected chi connectivity index (χ1v) is 8.14. The summed E-state index contributed by atoms with van der Waals surface area (Å²) in [5.74, 6) is 0.199. The monoisotopic (exact) mass is 343 g/mol. The van der Waals surface area contributed by atoms with Gasteiger partial charge in [0.2, 0.25) is 5.91 Å². The Kier molecular flexibility index (Phi) is 4.04. The minimum Gasteiger partial charge on any atom is -0.348 e. The quantitative estimate of drug-likeness (QED) is 0.756. The Morgan fingerprint density at radius 1 is 1.29 bits per heavy atom. The molecule has 0 amide bonds. The first kappa shape index (κ1) is 16.8. The average molecular weight is 344 g/mol. The van der Waals surface area contributed by atoms with Gasteiger partial charge in [0.25, 0.3) is 0 Å². The molecule has 5 heteroatoms. The second-order valence-corrected chi connectivity index (χ2v) is 6.94. The summed E-state index contributed by atoms with van der Waals surface area (Å²) in [6.07, 6.45) is 4.20. The predicted octanol–water partition coefficient (Wildman–Crippen LogP) is 4.24. The minimum absolute atomic E-state index is 0. The summed E-state index contributed by atoms with van der Waals surface area (Å²) in [6, 6.07) is 8.21. The van der Waals surface area contributed by atoms with Crippen LogP contribution in [0, 0.1) is 19.3 Å². The lowest BCUT2D eigenvalue weighted by molar-refractivity contribution is 0.0676. The molecule has 0 aliphatic carbocycles. The van der Waals surface area contributed by atoms with Gasteiger partial charge in [0.1, 0.15) is 0 Å². The first-order chi connectivity index (χ1) is 11.0. The predicted molar refractivity (Wildman–Crippen MR) is 98.0 cm³/mol. The molecule has 1 unspecified atom stereocenters. The third kappa shape index (κ3) is 2.28. The maximum atomic E-state index is 13.3. The van der Waals surface area contributed by atoms with Crippen LogP contribution in [0.25, 0.3) is 10.9 Å². The summed E-state index contributed by atoms with van der Waals surface area (Å²) in [5, 5.41) is 1.19. The number of carbonyl (C=O) groups is 1. The zero-order valence-electron chi connectivity index (χ0n) is 14.2. The number of aryl methyl sites for hydroxylation is 2. The number of fused-ring (bicyclic) bond motifs is 3. The summed E-state index contributed by atoms with van der Waals surface area (Å²) in [7, 11) is 0. The molecular formula is C19H22ClN3O. The van der Waals surface area contributed by atoms with E-state index in [0.717, 1.165) is 29.7 Å². The van der Waals surface area contributed by atoms with E-state index >= 15 is 0 Å². The van der Waals surface area contributed by atoms with Crippen molar-refractivity contribution in [3.63, 3.8) is 0 Å². The van der Waals surface area contributed by atoms with Crippen LogP contribution in [0.4, 0.5) is 0 Å². The van der Waals surface area contributed by atoms with Crippen LogP contribution in [0.2, 0.25) is 0 Å². The van der Waals surface area contributed by atoms with Crippen LogP contribution in [0.1, 0.15) is 40.8 Å².